The zero-order valence-electron chi connectivity index (χ0n) is 13.1. The monoisotopic (exact) mass is 356 g/mol. The minimum atomic E-state index is -4.79. The fraction of sp³-hybridized carbons (Fsp3) is 0.250. The first-order valence-electron chi connectivity index (χ1n) is 7.17. The highest BCUT2D eigenvalue weighted by Gasteiger charge is 2.31. The maximum Gasteiger partial charge on any atom is 0.573 e. The lowest BCUT2D eigenvalue weighted by molar-refractivity contribution is -0.274. The fourth-order valence-corrected chi connectivity index (χ4v) is 2.19. The van der Waals surface area contributed by atoms with Crippen molar-refractivity contribution < 1.29 is 27.8 Å². The first-order valence-corrected chi connectivity index (χ1v) is 7.17. The molecule has 9 heteroatoms. The predicted molar refractivity (Wildman–Crippen MR) is 83.0 cm³/mol. The van der Waals surface area contributed by atoms with Gasteiger partial charge < -0.3 is 15.3 Å². The highest BCUT2D eigenvalue weighted by molar-refractivity contribution is 5.70. The third kappa shape index (κ3) is 5.27. The normalized spacial score (nSPS) is 11.2. The summed E-state index contributed by atoms with van der Waals surface area (Å²) in [5.41, 5.74) is 3.35. The number of nitrogens with one attached hydrogen (secondary N) is 1. The number of pyridine rings is 1. The van der Waals surface area contributed by atoms with Gasteiger partial charge in [-0.1, -0.05) is 12.1 Å². The van der Waals surface area contributed by atoms with Crippen molar-refractivity contribution in [2.45, 2.75) is 26.3 Å². The molecule has 2 N–H and O–H groups in total. The van der Waals surface area contributed by atoms with Crippen LogP contribution in [0.25, 0.3) is 0 Å². The Morgan fingerprint density at radius 2 is 2.04 bits per heavy atom. The van der Waals surface area contributed by atoms with Crippen molar-refractivity contribution in [3.63, 3.8) is 0 Å². The molecule has 1 heterocycles. The largest absolute Gasteiger partial charge is 0.573 e. The zero-order valence-corrected chi connectivity index (χ0v) is 13.1. The van der Waals surface area contributed by atoms with Gasteiger partial charge in [0.05, 0.1) is 13.0 Å². The molecule has 0 radical (unpaired) electrons. The number of hydrogen-bond acceptors (Lipinski definition) is 4. The van der Waals surface area contributed by atoms with Crippen molar-refractivity contribution in [3.05, 3.63) is 63.6 Å². The number of nitrogens with zero attached hydrogens (tertiary/aromatic N) is 1. The van der Waals surface area contributed by atoms with Gasteiger partial charge in [0, 0.05) is 11.8 Å². The lowest BCUT2D eigenvalue weighted by Crippen LogP contribution is -2.32. The molecule has 0 saturated heterocycles. The van der Waals surface area contributed by atoms with E-state index >= 15 is 0 Å². The standard InChI is InChI=1S/C16H15F3N2O4/c1-10-5-6-21(15(24)13(10)8-14(22)23)20-9-11-3-2-4-12(7-11)25-16(17,18)19/h2-7,20H,8-9H2,1H3,(H,22,23). The smallest absolute Gasteiger partial charge is 0.481 e. The number of carboxylic acids is 1. The number of aliphatic carboxylic acids is 1. The van der Waals surface area contributed by atoms with Crippen molar-refractivity contribution in [2.24, 2.45) is 0 Å². The Labute approximate surface area is 140 Å². The summed E-state index contributed by atoms with van der Waals surface area (Å²) in [5.74, 6) is -1.50. The van der Waals surface area contributed by atoms with Crippen molar-refractivity contribution >= 4 is 5.97 Å². The van der Waals surface area contributed by atoms with Gasteiger partial charge in [-0.05, 0) is 36.2 Å². The molecule has 1 aromatic carbocycles. The summed E-state index contributed by atoms with van der Waals surface area (Å²) in [6, 6.07) is 6.90. The van der Waals surface area contributed by atoms with Crippen LogP contribution >= 0.6 is 0 Å². The van der Waals surface area contributed by atoms with Crippen LogP contribution < -0.4 is 15.7 Å². The Hall–Kier alpha value is -2.97. The van der Waals surface area contributed by atoms with Gasteiger partial charge in [0.2, 0.25) is 0 Å². The molecule has 2 aromatic rings. The van der Waals surface area contributed by atoms with E-state index in [4.69, 9.17) is 5.11 Å². The molecule has 2 rings (SSSR count). The molecule has 0 fully saturated rings. The van der Waals surface area contributed by atoms with Crippen LogP contribution in [0, 0.1) is 6.92 Å². The molecule has 0 unspecified atom stereocenters. The first-order chi connectivity index (χ1) is 11.7. The maximum absolute atomic E-state index is 12.3. The molecule has 0 aliphatic heterocycles. The quantitative estimate of drug-likeness (QED) is 0.831. The van der Waals surface area contributed by atoms with Crippen LogP contribution in [0.4, 0.5) is 13.2 Å². The van der Waals surface area contributed by atoms with Crippen LogP contribution in [0.15, 0.2) is 41.3 Å². The van der Waals surface area contributed by atoms with Gasteiger partial charge in [0.25, 0.3) is 5.56 Å². The molecule has 0 aliphatic carbocycles. The lowest BCUT2D eigenvalue weighted by atomic mass is 10.1. The number of aromatic nitrogens is 1. The number of ether oxygens (including phenoxy) is 1. The van der Waals surface area contributed by atoms with Crippen LogP contribution in [-0.4, -0.2) is 22.1 Å². The van der Waals surface area contributed by atoms with E-state index < -0.39 is 24.3 Å². The van der Waals surface area contributed by atoms with E-state index in [1.54, 1.807) is 19.1 Å². The Morgan fingerprint density at radius 3 is 2.68 bits per heavy atom. The van der Waals surface area contributed by atoms with E-state index in [-0.39, 0.29) is 17.9 Å². The van der Waals surface area contributed by atoms with Crippen molar-refractivity contribution in [1.82, 2.24) is 4.68 Å². The molecule has 0 atom stereocenters. The number of aryl methyl sites for hydroxylation is 1. The predicted octanol–water partition coefficient (Wildman–Crippen LogP) is 2.43. The minimum absolute atomic E-state index is 0.0462. The second kappa shape index (κ2) is 7.29. The third-order valence-corrected chi connectivity index (χ3v) is 3.34. The SMILES string of the molecule is Cc1ccn(NCc2cccc(OC(F)(F)F)c2)c(=O)c1CC(=O)O. The van der Waals surface area contributed by atoms with Crippen LogP contribution in [0.5, 0.6) is 5.75 Å². The van der Waals surface area contributed by atoms with Gasteiger partial charge in [-0.2, -0.15) is 0 Å². The second-order valence-electron chi connectivity index (χ2n) is 5.25. The first kappa shape index (κ1) is 18.4. The summed E-state index contributed by atoms with van der Waals surface area (Å²) in [6.07, 6.45) is -3.77. The lowest BCUT2D eigenvalue weighted by Gasteiger charge is -2.13. The third-order valence-electron chi connectivity index (χ3n) is 3.34. The van der Waals surface area contributed by atoms with Gasteiger partial charge in [-0.25, -0.2) is 4.68 Å². The molecule has 0 spiro atoms. The van der Waals surface area contributed by atoms with E-state index in [1.165, 1.54) is 24.4 Å². The molecule has 25 heavy (non-hydrogen) atoms. The van der Waals surface area contributed by atoms with Gasteiger partial charge in [-0.3, -0.25) is 9.59 Å². The fourth-order valence-electron chi connectivity index (χ4n) is 2.19. The van der Waals surface area contributed by atoms with Crippen LogP contribution in [0.2, 0.25) is 0 Å². The minimum Gasteiger partial charge on any atom is -0.481 e. The number of benzene rings is 1. The number of halogens is 3. The summed E-state index contributed by atoms with van der Waals surface area (Å²) in [7, 11) is 0. The molecule has 1 aromatic heterocycles. The second-order valence-corrected chi connectivity index (χ2v) is 5.25. The number of alkyl halides is 3. The highest BCUT2D eigenvalue weighted by atomic mass is 19.4. The average Bonchev–Trinajstić information content (AvgIpc) is 2.49. The van der Waals surface area contributed by atoms with E-state index in [0.717, 1.165) is 4.68 Å². The summed E-state index contributed by atoms with van der Waals surface area (Å²) in [6.45, 7) is 1.67. The molecule has 0 aliphatic rings. The van der Waals surface area contributed by atoms with Crippen LogP contribution in [0.1, 0.15) is 16.7 Å². The van der Waals surface area contributed by atoms with Crippen molar-refractivity contribution in [2.75, 3.05) is 5.43 Å². The molecular weight excluding hydrogens is 341 g/mol. The number of rotatable bonds is 6. The molecule has 0 amide bonds. The Kier molecular flexibility index (Phi) is 5.35. The van der Waals surface area contributed by atoms with Crippen molar-refractivity contribution in [1.29, 1.82) is 0 Å². The van der Waals surface area contributed by atoms with E-state index in [1.807, 2.05) is 0 Å². The van der Waals surface area contributed by atoms with Gasteiger partial charge in [0.15, 0.2) is 0 Å². The molecular formula is C16H15F3N2O4. The van der Waals surface area contributed by atoms with E-state index in [9.17, 15) is 22.8 Å². The Bertz CT molecular complexity index is 831. The van der Waals surface area contributed by atoms with Gasteiger partial charge in [-0.15, -0.1) is 13.2 Å². The summed E-state index contributed by atoms with van der Waals surface area (Å²) in [4.78, 5) is 23.1. The Balaban J connectivity index is 2.15. The number of carbonyl (C=O) groups is 1. The molecule has 134 valence electrons. The molecule has 6 nitrogen and oxygen atoms in total. The van der Waals surface area contributed by atoms with Crippen LogP contribution in [0.3, 0.4) is 0 Å². The summed E-state index contributed by atoms with van der Waals surface area (Å²) < 4.78 is 41.6. The number of carboxylic acid groups (broad SMARTS) is 1. The van der Waals surface area contributed by atoms with Gasteiger partial charge >= 0.3 is 12.3 Å². The highest BCUT2D eigenvalue weighted by Crippen LogP contribution is 2.23. The van der Waals surface area contributed by atoms with Crippen molar-refractivity contribution in [3.8, 4) is 5.75 Å². The van der Waals surface area contributed by atoms with Crippen LogP contribution in [-0.2, 0) is 17.8 Å². The van der Waals surface area contributed by atoms with E-state index in [0.29, 0.717) is 11.1 Å². The zero-order chi connectivity index (χ0) is 18.6. The molecule has 0 saturated carbocycles. The number of hydrogen-bond donors (Lipinski definition) is 2. The summed E-state index contributed by atoms with van der Waals surface area (Å²) in [5, 5.41) is 8.86. The average molecular weight is 356 g/mol. The molecule has 0 bridgehead atoms. The Morgan fingerprint density at radius 1 is 1.32 bits per heavy atom. The maximum atomic E-state index is 12.3. The van der Waals surface area contributed by atoms with E-state index in [2.05, 4.69) is 10.2 Å². The van der Waals surface area contributed by atoms with Gasteiger partial charge in [0.1, 0.15) is 5.75 Å². The summed E-state index contributed by atoms with van der Waals surface area (Å²) >= 11 is 0. The topological polar surface area (TPSA) is 80.6 Å².